The highest BCUT2D eigenvalue weighted by Crippen LogP contribution is 2.26. The molecule has 0 atom stereocenters. The van der Waals surface area contributed by atoms with Crippen LogP contribution < -0.4 is 11.1 Å². The molecule has 0 saturated heterocycles. The van der Waals surface area contributed by atoms with Gasteiger partial charge in [-0.2, -0.15) is 0 Å². The Morgan fingerprint density at radius 1 is 1.26 bits per heavy atom. The summed E-state index contributed by atoms with van der Waals surface area (Å²) in [6, 6.07) is 10.5. The van der Waals surface area contributed by atoms with Crippen LogP contribution in [0.4, 0.5) is 11.4 Å². The average Bonchev–Trinajstić information content (AvgIpc) is 2.35. The summed E-state index contributed by atoms with van der Waals surface area (Å²) in [7, 11) is 0. The first-order valence-electron chi connectivity index (χ1n) is 5.29. The van der Waals surface area contributed by atoms with E-state index < -0.39 is 0 Å². The van der Waals surface area contributed by atoms with Gasteiger partial charge in [-0.1, -0.05) is 11.6 Å². The van der Waals surface area contributed by atoms with Crippen LogP contribution in [-0.2, 0) is 0 Å². The number of carbonyl (C=O) groups excluding carboxylic acids is 1. The maximum absolute atomic E-state index is 12.2. The second kappa shape index (κ2) is 6.11. The summed E-state index contributed by atoms with van der Waals surface area (Å²) in [5.41, 5.74) is 7.25. The molecule has 0 bridgehead atoms. The first-order valence-corrected chi connectivity index (χ1v) is 7.54. The van der Waals surface area contributed by atoms with Gasteiger partial charge in [-0.05, 0) is 74.9 Å². The van der Waals surface area contributed by atoms with E-state index in [1.54, 1.807) is 24.3 Å². The number of nitrogens with two attached hydrogens (primary N) is 1. The molecule has 0 aliphatic carbocycles. The number of halogens is 3. The third-order valence-corrected chi connectivity index (χ3v) is 4.09. The fourth-order valence-corrected chi connectivity index (χ4v) is 2.65. The van der Waals surface area contributed by atoms with E-state index in [1.165, 1.54) is 0 Å². The van der Waals surface area contributed by atoms with E-state index in [0.29, 0.717) is 22.0 Å². The van der Waals surface area contributed by atoms with Gasteiger partial charge in [0, 0.05) is 13.7 Å². The van der Waals surface area contributed by atoms with Crippen molar-refractivity contribution < 1.29 is 4.79 Å². The molecule has 0 aromatic heterocycles. The van der Waals surface area contributed by atoms with Crippen LogP contribution in [0, 0.1) is 3.57 Å². The van der Waals surface area contributed by atoms with Gasteiger partial charge >= 0.3 is 0 Å². The number of nitrogen functional groups attached to an aromatic ring is 1. The molecule has 98 valence electrons. The average molecular weight is 451 g/mol. The van der Waals surface area contributed by atoms with Gasteiger partial charge < -0.3 is 11.1 Å². The maximum atomic E-state index is 12.2. The molecule has 0 fully saturated rings. The molecule has 0 unspecified atom stereocenters. The van der Waals surface area contributed by atoms with Crippen molar-refractivity contribution in [3.63, 3.8) is 0 Å². The van der Waals surface area contributed by atoms with Crippen LogP contribution in [0.15, 0.2) is 40.9 Å². The second-order valence-corrected chi connectivity index (χ2v) is 6.32. The van der Waals surface area contributed by atoms with Crippen molar-refractivity contribution in [3.8, 4) is 0 Å². The van der Waals surface area contributed by atoms with Crippen molar-refractivity contribution in [2.45, 2.75) is 0 Å². The quantitative estimate of drug-likeness (QED) is 0.520. The van der Waals surface area contributed by atoms with E-state index in [-0.39, 0.29) is 5.91 Å². The SMILES string of the molecule is Nc1ccc(NC(=O)c2cc(I)ccc2Br)c(Cl)c1. The van der Waals surface area contributed by atoms with Gasteiger partial charge in [0.15, 0.2) is 0 Å². The van der Waals surface area contributed by atoms with E-state index in [1.807, 2.05) is 12.1 Å². The van der Waals surface area contributed by atoms with Crippen LogP contribution in [0.1, 0.15) is 10.4 Å². The summed E-state index contributed by atoms with van der Waals surface area (Å²) in [5, 5.41) is 3.17. The maximum Gasteiger partial charge on any atom is 0.256 e. The van der Waals surface area contributed by atoms with E-state index in [9.17, 15) is 4.79 Å². The summed E-state index contributed by atoms with van der Waals surface area (Å²) in [4.78, 5) is 12.2. The van der Waals surface area contributed by atoms with E-state index in [4.69, 9.17) is 17.3 Å². The van der Waals surface area contributed by atoms with Crippen LogP contribution in [0.5, 0.6) is 0 Å². The Morgan fingerprint density at radius 2 is 2.00 bits per heavy atom. The molecule has 0 spiro atoms. The number of nitrogens with one attached hydrogen (secondary N) is 1. The highest BCUT2D eigenvalue weighted by molar-refractivity contribution is 14.1. The lowest BCUT2D eigenvalue weighted by Crippen LogP contribution is -2.13. The van der Waals surface area contributed by atoms with Crippen molar-refractivity contribution in [3.05, 3.63) is 55.0 Å². The number of benzene rings is 2. The van der Waals surface area contributed by atoms with E-state index in [2.05, 4.69) is 43.8 Å². The Hall–Kier alpha value is -0.790. The normalized spacial score (nSPS) is 10.3. The summed E-state index contributed by atoms with van der Waals surface area (Å²) >= 11 is 11.5. The standard InChI is InChI=1S/C13H9BrClIN2O/c14-10-3-1-7(16)5-9(10)13(19)18-12-4-2-8(17)6-11(12)15/h1-6H,17H2,(H,18,19). The van der Waals surface area contributed by atoms with Gasteiger partial charge in [0.1, 0.15) is 0 Å². The van der Waals surface area contributed by atoms with Gasteiger partial charge in [0.05, 0.1) is 16.3 Å². The molecule has 3 nitrogen and oxygen atoms in total. The van der Waals surface area contributed by atoms with Crippen molar-refractivity contribution in [1.82, 2.24) is 0 Å². The molecular formula is C13H9BrClIN2O. The zero-order valence-corrected chi connectivity index (χ0v) is 14.1. The van der Waals surface area contributed by atoms with Crippen molar-refractivity contribution in [1.29, 1.82) is 0 Å². The number of hydrogen-bond donors (Lipinski definition) is 2. The second-order valence-electron chi connectivity index (χ2n) is 3.82. The van der Waals surface area contributed by atoms with Crippen LogP contribution >= 0.6 is 50.1 Å². The van der Waals surface area contributed by atoms with Gasteiger partial charge in [-0.15, -0.1) is 0 Å². The largest absolute Gasteiger partial charge is 0.399 e. The Kier molecular flexibility index (Phi) is 4.70. The van der Waals surface area contributed by atoms with Crippen LogP contribution in [0.3, 0.4) is 0 Å². The number of carbonyl (C=O) groups is 1. The third kappa shape index (κ3) is 3.61. The van der Waals surface area contributed by atoms with E-state index in [0.717, 1.165) is 8.04 Å². The topological polar surface area (TPSA) is 55.1 Å². The Balaban J connectivity index is 2.28. The molecule has 0 radical (unpaired) electrons. The monoisotopic (exact) mass is 450 g/mol. The molecule has 2 rings (SSSR count). The van der Waals surface area contributed by atoms with Gasteiger partial charge in [-0.25, -0.2) is 0 Å². The van der Waals surface area contributed by atoms with Gasteiger partial charge in [0.25, 0.3) is 5.91 Å². The van der Waals surface area contributed by atoms with Crippen LogP contribution in [0.25, 0.3) is 0 Å². The number of rotatable bonds is 2. The molecular weight excluding hydrogens is 442 g/mol. The lowest BCUT2D eigenvalue weighted by molar-refractivity contribution is 0.102. The highest BCUT2D eigenvalue weighted by atomic mass is 127. The van der Waals surface area contributed by atoms with Crippen molar-refractivity contribution in [2.75, 3.05) is 11.1 Å². The number of anilines is 2. The zero-order valence-electron chi connectivity index (χ0n) is 9.58. The summed E-state index contributed by atoms with van der Waals surface area (Å²) in [6.07, 6.45) is 0. The molecule has 6 heteroatoms. The molecule has 3 N–H and O–H groups in total. The lowest BCUT2D eigenvalue weighted by atomic mass is 10.2. The van der Waals surface area contributed by atoms with Gasteiger partial charge in [0.2, 0.25) is 0 Å². The predicted octanol–water partition coefficient (Wildman–Crippen LogP) is 4.54. The van der Waals surface area contributed by atoms with E-state index >= 15 is 0 Å². The predicted molar refractivity (Wildman–Crippen MR) is 90.7 cm³/mol. The van der Waals surface area contributed by atoms with Gasteiger partial charge in [-0.3, -0.25) is 4.79 Å². The number of amides is 1. The zero-order chi connectivity index (χ0) is 14.0. The van der Waals surface area contributed by atoms with Crippen molar-refractivity contribution in [2.24, 2.45) is 0 Å². The summed E-state index contributed by atoms with van der Waals surface area (Å²) in [6.45, 7) is 0. The molecule has 0 saturated carbocycles. The Bertz CT molecular complexity index is 649. The molecule has 0 aliphatic heterocycles. The molecule has 1 amide bonds. The highest BCUT2D eigenvalue weighted by Gasteiger charge is 2.12. The van der Waals surface area contributed by atoms with Crippen molar-refractivity contribution >= 4 is 67.4 Å². The minimum atomic E-state index is -0.225. The molecule has 0 aliphatic rings. The first kappa shape index (κ1) is 14.6. The molecule has 2 aromatic rings. The Labute approximate surface area is 137 Å². The summed E-state index contributed by atoms with van der Waals surface area (Å²) < 4.78 is 1.71. The van der Waals surface area contributed by atoms with Crippen LogP contribution in [0.2, 0.25) is 5.02 Å². The fourth-order valence-electron chi connectivity index (χ4n) is 1.49. The lowest BCUT2D eigenvalue weighted by Gasteiger charge is -2.09. The molecule has 0 heterocycles. The fraction of sp³-hybridized carbons (Fsp3) is 0. The summed E-state index contributed by atoms with van der Waals surface area (Å²) in [5.74, 6) is -0.225. The molecule has 19 heavy (non-hydrogen) atoms. The van der Waals surface area contributed by atoms with Crippen LogP contribution in [-0.4, -0.2) is 5.91 Å². The number of hydrogen-bond acceptors (Lipinski definition) is 2. The smallest absolute Gasteiger partial charge is 0.256 e. The minimum absolute atomic E-state index is 0.225. The minimum Gasteiger partial charge on any atom is -0.399 e. The molecule has 2 aromatic carbocycles. The third-order valence-electron chi connectivity index (χ3n) is 2.41. The Morgan fingerprint density at radius 3 is 2.68 bits per heavy atom. The first-order chi connectivity index (χ1) is 8.97.